The number of nitrogens with one attached hydrogen (secondary N) is 2. The second-order valence-electron chi connectivity index (χ2n) is 7.62. The number of methoxy groups -OCH3 is 1. The highest BCUT2D eigenvalue weighted by molar-refractivity contribution is 7.89. The van der Waals surface area contributed by atoms with Gasteiger partial charge in [-0.3, -0.25) is 4.79 Å². The van der Waals surface area contributed by atoms with E-state index in [1.165, 1.54) is 30.6 Å². The number of hydrogen-bond donors (Lipinski definition) is 2. The first kappa shape index (κ1) is 23.1. The molecule has 4 aromatic rings. The molecule has 1 unspecified atom stereocenters. The number of thiophene rings is 1. The summed E-state index contributed by atoms with van der Waals surface area (Å²) in [5.74, 6) is -0.266. The first-order chi connectivity index (χ1) is 15.8. The van der Waals surface area contributed by atoms with Crippen molar-refractivity contribution in [2.45, 2.75) is 24.8 Å². The van der Waals surface area contributed by atoms with Gasteiger partial charge in [-0.1, -0.05) is 18.2 Å². The van der Waals surface area contributed by atoms with Gasteiger partial charge in [0.2, 0.25) is 10.0 Å². The van der Waals surface area contributed by atoms with E-state index in [1.807, 2.05) is 48.0 Å². The third kappa shape index (κ3) is 4.98. The molecule has 2 N–H and O–H groups in total. The van der Waals surface area contributed by atoms with Crippen LogP contribution in [0, 0.1) is 6.92 Å². The van der Waals surface area contributed by atoms with E-state index in [1.54, 1.807) is 19.1 Å². The molecule has 0 spiro atoms. The molecule has 33 heavy (non-hydrogen) atoms. The number of ether oxygens (including phenoxy) is 1. The third-order valence-electron chi connectivity index (χ3n) is 4.96. The summed E-state index contributed by atoms with van der Waals surface area (Å²) in [4.78, 5) is 14.4. The van der Waals surface area contributed by atoms with Crippen LogP contribution in [0.15, 0.2) is 65.6 Å². The fraction of sp³-hybridized carbons (Fsp3) is 0.217. The average molecular weight is 485 g/mol. The Kier molecular flexibility index (Phi) is 6.61. The summed E-state index contributed by atoms with van der Waals surface area (Å²) in [5.41, 5.74) is 2.27. The lowest BCUT2D eigenvalue weighted by Gasteiger charge is -2.13. The number of anilines is 1. The summed E-state index contributed by atoms with van der Waals surface area (Å²) >= 11 is 1.36. The fourth-order valence-electron chi connectivity index (χ4n) is 3.43. The predicted octanol–water partition coefficient (Wildman–Crippen LogP) is 3.96. The highest BCUT2D eigenvalue weighted by Gasteiger charge is 2.19. The van der Waals surface area contributed by atoms with E-state index in [0.717, 1.165) is 21.6 Å². The smallest absolute Gasteiger partial charge is 0.265 e. The van der Waals surface area contributed by atoms with Gasteiger partial charge < -0.3 is 10.1 Å². The molecule has 0 aliphatic heterocycles. The van der Waals surface area contributed by atoms with Crippen LogP contribution in [0.2, 0.25) is 0 Å². The molecule has 172 valence electrons. The van der Waals surface area contributed by atoms with Crippen LogP contribution in [-0.2, 0) is 14.8 Å². The van der Waals surface area contributed by atoms with Gasteiger partial charge in [0.15, 0.2) is 0 Å². The molecule has 4 rings (SSSR count). The van der Waals surface area contributed by atoms with Gasteiger partial charge in [-0.15, -0.1) is 11.3 Å². The molecule has 0 bridgehead atoms. The highest BCUT2D eigenvalue weighted by Crippen LogP contribution is 2.31. The van der Waals surface area contributed by atoms with Crippen LogP contribution in [0.1, 0.15) is 22.3 Å². The van der Waals surface area contributed by atoms with Crippen molar-refractivity contribution in [2.75, 3.05) is 19.0 Å². The standard InChI is InChI=1S/C23H24N4O4S2/c1-15(14-31-3)26-33(29,30)19-11-9-17(10-12-19)24-22(28)21-13-20-16(2)25-27(23(20)32-21)18-7-5-4-6-8-18/h4-13,15,26H,14H2,1-3H3,(H,24,28). The molecule has 2 aromatic carbocycles. The zero-order valence-corrected chi connectivity index (χ0v) is 20.0. The number of aromatic nitrogens is 2. The van der Waals surface area contributed by atoms with Gasteiger partial charge in [0.05, 0.1) is 27.8 Å². The van der Waals surface area contributed by atoms with E-state index in [9.17, 15) is 13.2 Å². The largest absolute Gasteiger partial charge is 0.383 e. The first-order valence-electron chi connectivity index (χ1n) is 10.3. The average Bonchev–Trinajstić information content (AvgIpc) is 3.35. The maximum Gasteiger partial charge on any atom is 0.265 e. The summed E-state index contributed by atoms with van der Waals surface area (Å²) < 4.78 is 34.3. The topological polar surface area (TPSA) is 102 Å². The summed E-state index contributed by atoms with van der Waals surface area (Å²) in [6.07, 6.45) is 0. The number of amides is 1. The van der Waals surface area contributed by atoms with Gasteiger partial charge in [-0.25, -0.2) is 17.8 Å². The van der Waals surface area contributed by atoms with Crippen LogP contribution in [0.3, 0.4) is 0 Å². The predicted molar refractivity (Wildman–Crippen MR) is 130 cm³/mol. The quantitative estimate of drug-likeness (QED) is 0.394. The van der Waals surface area contributed by atoms with Crippen LogP contribution >= 0.6 is 11.3 Å². The van der Waals surface area contributed by atoms with Crippen molar-refractivity contribution in [1.82, 2.24) is 14.5 Å². The number of benzene rings is 2. The van der Waals surface area contributed by atoms with Gasteiger partial charge in [0, 0.05) is 24.2 Å². The van der Waals surface area contributed by atoms with E-state index in [0.29, 0.717) is 10.6 Å². The SMILES string of the molecule is COCC(C)NS(=O)(=O)c1ccc(NC(=O)c2cc3c(C)nn(-c4ccccc4)c3s2)cc1. The molecule has 8 nitrogen and oxygen atoms in total. The van der Waals surface area contributed by atoms with Crippen molar-refractivity contribution >= 4 is 43.2 Å². The molecule has 2 heterocycles. The molecule has 10 heteroatoms. The summed E-state index contributed by atoms with van der Waals surface area (Å²) in [6, 6.07) is 17.3. The highest BCUT2D eigenvalue weighted by atomic mass is 32.2. The van der Waals surface area contributed by atoms with Crippen molar-refractivity contribution < 1.29 is 17.9 Å². The summed E-state index contributed by atoms with van der Waals surface area (Å²) in [6.45, 7) is 3.90. The molecule has 2 aromatic heterocycles. The molecule has 1 atom stereocenters. The van der Waals surface area contributed by atoms with Crippen molar-refractivity contribution in [3.05, 3.63) is 71.2 Å². The molecule has 1 amide bonds. The lowest BCUT2D eigenvalue weighted by atomic mass is 10.3. The Labute approximate surface area is 196 Å². The van der Waals surface area contributed by atoms with Gasteiger partial charge >= 0.3 is 0 Å². The van der Waals surface area contributed by atoms with E-state index in [2.05, 4.69) is 15.1 Å². The minimum absolute atomic E-state index is 0.115. The Hall–Kier alpha value is -3.05. The molecule has 0 radical (unpaired) electrons. The number of fused-ring (bicyclic) bond motifs is 1. The van der Waals surface area contributed by atoms with E-state index < -0.39 is 10.0 Å². The number of rotatable bonds is 8. The summed E-state index contributed by atoms with van der Waals surface area (Å²) in [5, 5.41) is 8.35. The maximum atomic E-state index is 12.9. The lowest BCUT2D eigenvalue weighted by Crippen LogP contribution is -2.35. The Morgan fingerprint density at radius 3 is 2.52 bits per heavy atom. The Balaban J connectivity index is 1.52. The number of aryl methyl sites for hydroxylation is 1. The minimum Gasteiger partial charge on any atom is -0.383 e. The van der Waals surface area contributed by atoms with Crippen molar-refractivity contribution in [2.24, 2.45) is 0 Å². The zero-order valence-electron chi connectivity index (χ0n) is 18.4. The lowest BCUT2D eigenvalue weighted by molar-refractivity contribution is 0.103. The number of para-hydroxylation sites is 1. The Bertz CT molecular complexity index is 1380. The van der Waals surface area contributed by atoms with Gasteiger partial charge in [0.1, 0.15) is 4.83 Å². The van der Waals surface area contributed by atoms with Crippen molar-refractivity contribution in [3.63, 3.8) is 0 Å². The van der Waals surface area contributed by atoms with E-state index >= 15 is 0 Å². The van der Waals surface area contributed by atoms with Gasteiger partial charge in [-0.05, 0) is 56.3 Å². The third-order valence-corrected chi connectivity index (χ3v) is 7.68. The molecule has 0 saturated heterocycles. The zero-order chi connectivity index (χ0) is 23.6. The molecule has 0 fully saturated rings. The number of sulfonamides is 1. The molecular formula is C23H24N4O4S2. The number of carbonyl (C=O) groups excluding carboxylic acids is 1. The molecule has 0 aliphatic carbocycles. The second kappa shape index (κ2) is 9.44. The van der Waals surface area contributed by atoms with Gasteiger partial charge in [0.25, 0.3) is 5.91 Å². The number of hydrogen-bond acceptors (Lipinski definition) is 6. The van der Waals surface area contributed by atoms with Crippen LogP contribution in [-0.4, -0.2) is 43.9 Å². The van der Waals surface area contributed by atoms with Crippen LogP contribution < -0.4 is 10.0 Å². The van der Waals surface area contributed by atoms with Crippen molar-refractivity contribution in [1.29, 1.82) is 0 Å². The van der Waals surface area contributed by atoms with Crippen LogP contribution in [0.4, 0.5) is 5.69 Å². The van der Waals surface area contributed by atoms with Gasteiger partial charge in [-0.2, -0.15) is 5.10 Å². The Morgan fingerprint density at radius 1 is 1.15 bits per heavy atom. The number of nitrogens with zero attached hydrogens (tertiary/aromatic N) is 2. The van der Waals surface area contributed by atoms with Crippen LogP contribution in [0.5, 0.6) is 0 Å². The second-order valence-corrected chi connectivity index (χ2v) is 10.4. The van der Waals surface area contributed by atoms with E-state index in [4.69, 9.17) is 4.74 Å². The monoisotopic (exact) mass is 484 g/mol. The van der Waals surface area contributed by atoms with Crippen LogP contribution in [0.25, 0.3) is 15.9 Å². The Morgan fingerprint density at radius 2 is 1.85 bits per heavy atom. The molecule has 0 aliphatic rings. The first-order valence-corrected chi connectivity index (χ1v) is 12.6. The molecule has 0 saturated carbocycles. The molecular weight excluding hydrogens is 460 g/mol. The summed E-state index contributed by atoms with van der Waals surface area (Å²) in [7, 11) is -2.16. The normalized spacial score (nSPS) is 12.7. The van der Waals surface area contributed by atoms with Crippen molar-refractivity contribution in [3.8, 4) is 5.69 Å². The van der Waals surface area contributed by atoms with E-state index in [-0.39, 0.29) is 23.5 Å². The minimum atomic E-state index is -3.68. The fourth-order valence-corrected chi connectivity index (χ4v) is 5.74. The maximum absolute atomic E-state index is 12.9. The number of carbonyl (C=O) groups is 1.